The number of epoxide rings is 1. The summed E-state index contributed by atoms with van der Waals surface area (Å²) in [6.07, 6.45) is 12.5. The molecule has 2 aliphatic heterocycles. The summed E-state index contributed by atoms with van der Waals surface area (Å²) >= 11 is 0. The van der Waals surface area contributed by atoms with Gasteiger partial charge in [0.1, 0.15) is 11.7 Å². The van der Waals surface area contributed by atoms with E-state index in [0.717, 1.165) is 49.0 Å². The van der Waals surface area contributed by atoms with Gasteiger partial charge >= 0.3 is 5.97 Å². The smallest absolute Gasteiger partial charge is 0.333 e. The SMILES string of the molecule is CC1=CC[C@H]([C@@H](C)[C@H]2CC[C@H]3[C@@H]4C[C@@H]5O[C@@]56C[C@@H](O)CC[C@]6(C)[C@H]4CC[C@]23C)OC1=O. The Kier molecular flexibility index (Phi) is 4.41. The molecule has 0 unspecified atom stereocenters. The molecule has 0 radical (unpaired) electrons. The standard InChI is InChI=1S/C27H40O4/c1-15-5-8-22(30-24(15)29)16(2)19-6-7-20-18-13-23-27(31-23)14-17(28)9-12-26(27,4)21(18)10-11-25(19,20)3/h5,16-23,28H,6-14H2,1-4H3/t16-,17-,18-,19+,20-,21-,22+,23-,25+,26+,27-/m0/s1. The first kappa shape index (κ1) is 20.7. The first-order valence-electron chi connectivity index (χ1n) is 12.9. The van der Waals surface area contributed by atoms with Crippen LogP contribution in [0.2, 0.25) is 0 Å². The van der Waals surface area contributed by atoms with Gasteiger partial charge in [-0.15, -0.1) is 0 Å². The van der Waals surface area contributed by atoms with E-state index in [4.69, 9.17) is 9.47 Å². The van der Waals surface area contributed by atoms with Gasteiger partial charge in [0.25, 0.3) is 0 Å². The van der Waals surface area contributed by atoms with E-state index in [9.17, 15) is 9.90 Å². The molecule has 4 saturated carbocycles. The predicted molar refractivity (Wildman–Crippen MR) is 118 cm³/mol. The van der Waals surface area contributed by atoms with Crippen LogP contribution in [0, 0.1) is 40.4 Å². The number of fused-ring (bicyclic) bond motifs is 4. The number of aliphatic hydroxyl groups excluding tert-OH is 1. The second kappa shape index (κ2) is 6.59. The highest BCUT2D eigenvalue weighted by atomic mass is 16.6. The van der Waals surface area contributed by atoms with Crippen LogP contribution < -0.4 is 0 Å². The Morgan fingerprint density at radius 1 is 1.13 bits per heavy atom. The van der Waals surface area contributed by atoms with Crippen molar-refractivity contribution in [1.82, 2.24) is 0 Å². The summed E-state index contributed by atoms with van der Waals surface area (Å²) < 4.78 is 12.4. The summed E-state index contributed by atoms with van der Waals surface area (Å²) in [6, 6.07) is 0. The van der Waals surface area contributed by atoms with Gasteiger partial charge < -0.3 is 14.6 Å². The Labute approximate surface area is 187 Å². The van der Waals surface area contributed by atoms with Gasteiger partial charge in [0.2, 0.25) is 0 Å². The minimum Gasteiger partial charge on any atom is -0.458 e. The molecule has 0 bridgehead atoms. The van der Waals surface area contributed by atoms with Gasteiger partial charge in [-0.2, -0.15) is 0 Å². The van der Waals surface area contributed by atoms with Crippen LogP contribution in [0.3, 0.4) is 0 Å². The number of carbonyl (C=O) groups excluding carboxylic acids is 1. The van der Waals surface area contributed by atoms with Gasteiger partial charge in [-0.1, -0.05) is 26.8 Å². The Hall–Kier alpha value is -0.870. The molecule has 11 atom stereocenters. The third-order valence-electron chi connectivity index (χ3n) is 11.6. The summed E-state index contributed by atoms with van der Waals surface area (Å²) in [4.78, 5) is 12.2. The molecule has 4 heteroatoms. The maximum atomic E-state index is 12.2. The van der Waals surface area contributed by atoms with Crippen molar-refractivity contribution in [2.24, 2.45) is 40.4 Å². The minimum atomic E-state index is -0.170. The lowest BCUT2D eigenvalue weighted by Crippen LogP contribution is -2.58. The first-order chi connectivity index (χ1) is 14.7. The maximum absolute atomic E-state index is 12.2. The third-order valence-corrected chi connectivity index (χ3v) is 11.6. The van der Waals surface area contributed by atoms with Gasteiger partial charge in [0, 0.05) is 23.8 Å². The Bertz CT molecular complexity index is 820. The average Bonchev–Trinajstić information content (AvgIpc) is 3.31. The number of carbonyl (C=O) groups is 1. The lowest BCUT2D eigenvalue weighted by atomic mass is 9.44. The van der Waals surface area contributed by atoms with Crippen LogP contribution >= 0.6 is 0 Å². The highest BCUT2D eigenvalue weighted by Gasteiger charge is 2.76. The van der Waals surface area contributed by atoms with Crippen LogP contribution in [0.4, 0.5) is 0 Å². The molecule has 0 aromatic rings. The molecule has 1 saturated heterocycles. The van der Waals surface area contributed by atoms with E-state index < -0.39 is 0 Å². The number of cyclic esters (lactones) is 1. The monoisotopic (exact) mass is 428 g/mol. The van der Waals surface area contributed by atoms with Crippen molar-refractivity contribution in [1.29, 1.82) is 0 Å². The van der Waals surface area contributed by atoms with E-state index >= 15 is 0 Å². The number of hydrogen-bond acceptors (Lipinski definition) is 4. The van der Waals surface area contributed by atoms with Gasteiger partial charge in [-0.05, 0) is 86.9 Å². The zero-order chi connectivity index (χ0) is 21.8. The van der Waals surface area contributed by atoms with Crippen molar-refractivity contribution in [2.75, 3.05) is 0 Å². The largest absolute Gasteiger partial charge is 0.458 e. The van der Waals surface area contributed by atoms with Crippen LogP contribution in [-0.2, 0) is 14.3 Å². The molecular weight excluding hydrogens is 388 g/mol. The Morgan fingerprint density at radius 3 is 2.71 bits per heavy atom. The maximum Gasteiger partial charge on any atom is 0.333 e. The van der Waals surface area contributed by atoms with E-state index in [1.54, 1.807) is 0 Å². The van der Waals surface area contributed by atoms with E-state index in [-0.39, 0.29) is 29.2 Å². The number of aliphatic hydroxyl groups is 1. The second-order valence-corrected chi connectivity index (χ2v) is 12.6. The predicted octanol–water partition coefficient (Wildman–Crippen LogP) is 5.04. The molecule has 172 valence electrons. The summed E-state index contributed by atoms with van der Waals surface area (Å²) in [5.74, 6) is 3.20. The lowest BCUT2D eigenvalue weighted by molar-refractivity contribution is -0.152. The number of hydrogen-bond donors (Lipinski definition) is 1. The van der Waals surface area contributed by atoms with Crippen molar-refractivity contribution in [3.8, 4) is 0 Å². The van der Waals surface area contributed by atoms with Gasteiger partial charge in [0.15, 0.2) is 0 Å². The summed E-state index contributed by atoms with van der Waals surface area (Å²) in [5.41, 5.74) is 1.33. The van der Waals surface area contributed by atoms with Crippen molar-refractivity contribution in [2.45, 2.75) is 109 Å². The number of rotatable bonds is 2. The summed E-state index contributed by atoms with van der Waals surface area (Å²) in [6.45, 7) is 9.28. The van der Waals surface area contributed by atoms with Crippen molar-refractivity contribution in [3.63, 3.8) is 0 Å². The molecule has 0 aromatic carbocycles. The van der Waals surface area contributed by atoms with Gasteiger partial charge in [-0.3, -0.25) is 0 Å². The van der Waals surface area contributed by atoms with Crippen LogP contribution in [0.25, 0.3) is 0 Å². The minimum absolute atomic E-state index is 0.0225. The van der Waals surface area contributed by atoms with Gasteiger partial charge in [-0.25, -0.2) is 4.79 Å². The third kappa shape index (κ3) is 2.64. The molecular formula is C27H40O4. The average molecular weight is 429 g/mol. The molecule has 6 aliphatic rings. The molecule has 4 nitrogen and oxygen atoms in total. The highest BCUT2D eigenvalue weighted by Crippen LogP contribution is 2.74. The fraction of sp³-hybridized carbons (Fsp3) is 0.889. The summed E-state index contributed by atoms with van der Waals surface area (Å²) in [5, 5.41) is 10.4. The second-order valence-electron chi connectivity index (χ2n) is 12.6. The Morgan fingerprint density at radius 2 is 1.94 bits per heavy atom. The van der Waals surface area contributed by atoms with Crippen molar-refractivity contribution < 1.29 is 19.4 Å². The zero-order valence-corrected chi connectivity index (χ0v) is 19.7. The normalized spacial score (nSPS) is 56.4. The van der Waals surface area contributed by atoms with Crippen LogP contribution in [-0.4, -0.2) is 35.0 Å². The van der Waals surface area contributed by atoms with Gasteiger partial charge in [0.05, 0.1) is 12.2 Å². The number of esters is 1. The lowest BCUT2D eigenvalue weighted by Gasteiger charge is -2.59. The van der Waals surface area contributed by atoms with E-state index in [1.807, 2.05) is 6.92 Å². The molecule has 1 spiro atoms. The molecule has 2 heterocycles. The topological polar surface area (TPSA) is 59.1 Å². The fourth-order valence-electron chi connectivity index (χ4n) is 9.80. The van der Waals surface area contributed by atoms with Crippen molar-refractivity contribution >= 4 is 5.97 Å². The molecule has 4 aliphatic carbocycles. The van der Waals surface area contributed by atoms with Crippen LogP contribution in [0.1, 0.15) is 85.5 Å². The molecule has 31 heavy (non-hydrogen) atoms. The first-order valence-corrected chi connectivity index (χ1v) is 12.9. The van der Waals surface area contributed by atoms with Crippen molar-refractivity contribution in [3.05, 3.63) is 11.6 Å². The quantitative estimate of drug-likeness (QED) is 0.495. The zero-order valence-electron chi connectivity index (χ0n) is 19.7. The molecule has 0 amide bonds. The Balaban J connectivity index is 1.25. The fourth-order valence-corrected chi connectivity index (χ4v) is 9.80. The molecule has 1 N–H and O–H groups in total. The summed E-state index contributed by atoms with van der Waals surface area (Å²) in [7, 11) is 0. The van der Waals surface area contributed by atoms with Crippen LogP contribution in [0.5, 0.6) is 0 Å². The van der Waals surface area contributed by atoms with E-state index in [2.05, 4.69) is 26.8 Å². The molecule has 0 aromatic heterocycles. The molecule has 6 rings (SSSR count). The number of ether oxygens (including phenoxy) is 2. The van der Waals surface area contributed by atoms with E-state index in [0.29, 0.717) is 23.4 Å². The molecule has 5 fully saturated rings. The highest BCUT2D eigenvalue weighted by molar-refractivity contribution is 5.88. The van der Waals surface area contributed by atoms with E-state index in [1.165, 1.54) is 32.1 Å². The van der Waals surface area contributed by atoms with Crippen LogP contribution in [0.15, 0.2) is 11.6 Å².